The van der Waals surface area contributed by atoms with Crippen LogP contribution in [0.1, 0.15) is 15.9 Å². The first-order valence-corrected chi connectivity index (χ1v) is 6.90. The van der Waals surface area contributed by atoms with Crippen molar-refractivity contribution < 1.29 is 15.3 Å². The average Bonchev–Trinajstić information content (AvgIpc) is 2.56. The summed E-state index contributed by atoms with van der Waals surface area (Å²) in [4.78, 5) is 11.0. The number of nitrogens with one attached hydrogen (secondary N) is 2. The lowest BCUT2D eigenvalue weighted by Gasteiger charge is -2.16. The van der Waals surface area contributed by atoms with Gasteiger partial charge < -0.3 is 10.4 Å². The third-order valence-corrected chi connectivity index (χ3v) is 3.31. The van der Waals surface area contributed by atoms with E-state index in [-0.39, 0.29) is 5.56 Å². The van der Waals surface area contributed by atoms with Crippen LogP contribution in [-0.4, -0.2) is 11.1 Å². The number of hydrogen-bond acceptors (Lipinski definition) is 3. The Hall–Kier alpha value is -3.05. The molecule has 2 aromatic carbocycles. The molecule has 0 saturated heterocycles. The van der Waals surface area contributed by atoms with Crippen molar-refractivity contribution in [1.82, 2.24) is 5.43 Å². The number of hydrogen-bond donors (Lipinski definition) is 4. The zero-order chi connectivity index (χ0) is 15.4. The number of rotatable bonds is 4. The Kier molecular flexibility index (Phi) is 3.89. The molecule has 0 spiro atoms. The molecule has 3 rings (SSSR count). The molecular weight excluding hydrogens is 278 g/mol. The minimum absolute atomic E-state index is 0.255. The van der Waals surface area contributed by atoms with Gasteiger partial charge in [0.15, 0.2) is 11.5 Å². The van der Waals surface area contributed by atoms with Crippen LogP contribution in [0.4, 0.5) is 5.69 Å². The minimum atomic E-state index is -0.938. The van der Waals surface area contributed by atoms with Crippen molar-refractivity contribution in [3.63, 3.8) is 0 Å². The molecule has 0 aliphatic carbocycles. The van der Waals surface area contributed by atoms with E-state index < -0.39 is 5.97 Å². The highest BCUT2D eigenvalue weighted by Gasteiger charge is 2.11. The Morgan fingerprint density at radius 3 is 2.55 bits per heavy atom. The predicted octanol–water partition coefficient (Wildman–Crippen LogP) is 1.76. The standard InChI is InChI=1S/C17H15N3O2/c21-17(22)13-7-4-8-14(11-13)18-16-10-9-15(19-20-16)12-5-2-1-3-6-12/h1-11,18-20H,(H,21,22)/p+1. The van der Waals surface area contributed by atoms with Gasteiger partial charge in [-0.05, 0) is 36.4 Å². The van der Waals surface area contributed by atoms with Crippen LogP contribution in [0, 0.1) is 0 Å². The van der Waals surface area contributed by atoms with Gasteiger partial charge in [0.2, 0.25) is 0 Å². The molecule has 0 bridgehead atoms. The van der Waals surface area contributed by atoms with Gasteiger partial charge in [0.05, 0.1) is 5.56 Å². The summed E-state index contributed by atoms with van der Waals surface area (Å²) in [6.07, 6.45) is 3.94. The van der Waals surface area contributed by atoms with Gasteiger partial charge in [-0.25, -0.2) is 15.6 Å². The van der Waals surface area contributed by atoms with Crippen LogP contribution in [0.25, 0.3) is 5.70 Å². The van der Waals surface area contributed by atoms with Gasteiger partial charge in [-0.15, -0.1) is 0 Å². The second-order valence-corrected chi connectivity index (χ2v) is 4.87. The van der Waals surface area contributed by atoms with Crippen LogP contribution in [0.3, 0.4) is 0 Å². The third kappa shape index (κ3) is 3.16. The molecule has 0 radical (unpaired) electrons. The maximum atomic E-state index is 11.0. The molecular formula is C17H16N3O2+. The molecule has 5 heteroatoms. The normalized spacial score (nSPS) is 13.6. The molecule has 1 heterocycles. The zero-order valence-electron chi connectivity index (χ0n) is 11.8. The summed E-state index contributed by atoms with van der Waals surface area (Å²) in [6, 6.07) is 16.8. The molecule has 0 aromatic heterocycles. The average molecular weight is 294 g/mol. The molecule has 0 saturated carbocycles. The number of aromatic carboxylic acids is 1. The van der Waals surface area contributed by atoms with Crippen molar-refractivity contribution >= 4 is 17.4 Å². The van der Waals surface area contributed by atoms with Crippen molar-refractivity contribution in [1.29, 1.82) is 0 Å². The van der Waals surface area contributed by atoms with E-state index in [9.17, 15) is 4.79 Å². The van der Waals surface area contributed by atoms with E-state index in [1.54, 1.807) is 18.2 Å². The fraction of sp³-hybridized carbons (Fsp3) is 0. The summed E-state index contributed by atoms with van der Waals surface area (Å²) in [7, 11) is 0. The number of anilines is 1. The summed E-state index contributed by atoms with van der Waals surface area (Å²) in [5, 5.41) is 12.2. The topological polar surface area (TPSA) is 78.0 Å². The smallest absolute Gasteiger partial charge is 0.335 e. The summed E-state index contributed by atoms with van der Waals surface area (Å²) >= 11 is 0. The Labute approximate surface area is 128 Å². The van der Waals surface area contributed by atoms with Gasteiger partial charge in [-0.2, -0.15) is 0 Å². The molecule has 1 aliphatic heterocycles. The maximum absolute atomic E-state index is 11.0. The third-order valence-electron chi connectivity index (χ3n) is 3.31. The molecule has 0 unspecified atom stereocenters. The van der Waals surface area contributed by atoms with Gasteiger partial charge in [0, 0.05) is 17.3 Å². The van der Waals surface area contributed by atoms with Crippen LogP contribution in [0.15, 0.2) is 72.6 Å². The Morgan fingerprint density at radius 2 is 1.86 bits per heavy atom. The number of carboxylic acid groups (broad SMARTS) is 1. The molecule has 5 nitrogen and oxygen atoms in total. The summed E-state index contributed by atoms with van der Waals surface area (Å²) in [5.74, 6) is -0.144. The van der Waals surface area contributed by atoms with Crippen LogP contribution in [0.5, 0.6) is 0 Å². The number of quaternary nitrogens is 1. The number of nitrogens with two attached hydrogens (primary N) is 1. The number of allylic oxidation sites excluding steroid dienone is 2. The van der Waals surface area contributed by atoms with E-state index in [2.05, 4.69) is 10.7 Å². The van der Waals surface area contributed by atoms with E-state index in [1.807, 2.05) is 54.0 Å². The highest BCUT2D eigenvalue weighted by atomic mass is 16.4. The lowest BCUT2D eigenvalue weighted by molar-refractivity contribution is -0.618. The minimum Gasteiger partial charge on any atom is -0.478 e. The first-order chi connectivity index (χ1) is 10.7. The highest BCUT2D eigenvalue weighted by Crippen LogP contribution is 2.14. The van der Waals surface area contributed by atoms with Gasteiger partial charge in [-0.1, -0.05) is 24.3 Å². The predicted molar refractivity (Wildman–Crippen MR) is 84.6 cm³/mol. The van der Waals surface area contributed by atoms with Crippen molar-refractivity contribution in [2.24, 2.45) is 0 Å². The van der Waals surface area contributed by atoms with E-state index in [0.717, 1.165) is 22.8 Å². The largest absolute Gasteiger partial charge is 0.478 e. The first kappa shape index (κ1) is 13.9. The fourth-order valence-electron chi connectivity index (χ4n) is 2.20. The van der Waals surface area contributed by atoms with E-state index in [4.69, 9.17) is 5.11 Å². The van der Waals surface area contributed by atoms with Crippen molar-refractivity contribution in [2.75, 3.05) is 5.32 Å². The van der Waals surface area contributed by atoms with Crippen LogP contribution in [0.2, 0.25) is 0 Å². The highest BCUT2D eigenvalue weighted by molar-refractivity contribution is 5.88. The second-order valence-electron chi connectivity index (χ2n) is 4.87. The quantitative estimate of drug-likeness (QED) is 0.648. The second kappa shape index (κ2) is 6.15. The van der Waals surface area contributed by atoms with E-state index in [1.165, 1.54) is 0 Å². The monoisotopic (exact) mass is 294 g/mol. The van der Waals surface area contributed by atoms with Gasteiger partial charge in [0.1, 0.15) is 0 Å². The van der Waals surface area contributed by atoms with Gasteiger partial charge in [0.25, 0.3) is 0 Å². The lowest BCUT2D eigenvalue weighted by atomic mass is 10.1. The number of carboxylic acids is 1. The maximum Gasteiger partial charge on any atom is 0.335 e. The molecule has 0 atom stereocenters. The van der Waals surface area contributed by atoms with E-state index in [0.29, 0.717) is 0 Å². The van der Waals surface area contributed by atoms with E-state index >= 15 is 0 Å². The van der Waals surface area contributed by atoms with Gasteiger partial charge in [-0.3, -0.25) is 0 Å². The molecule has 5 N–H and O–H groups in total. The Morgan fingerprint density at radius 1 is 1.05 bits per heavy atom. The van der Waals surface area contributed by atoms with Crippen LogP contribution in [-0.2, 0) is 0 Å². The van der Waals surface area contributed by atoms with Crippen molar-refractivity contribution in [3.05, 3.63) is 83.7 Å². The summed E-state index contributed by atoms with van der Waals surface area (Å²) in [6.45, 7) is 0. The number of carbonyl (C=O) groups is 1. The zero-order valence-corrected chi connectivity index (χ0v) is 11.8. The number of benzene rings is 2. The molecule has 1 aliphatic rings. The molecule has 22 heavy (non-hydrogen) atoms. The van der Waals surface area contributed by atoms with Crippen molar-refractivity contribution in [2.45, 2.75) is 0 Å². The lowest BCUT2D eigenvalue weighted by Crippen LogP contribution is -2.91. The molecule has 110 valence electrons. The molecule has 2 aromatic rings. The van der Waals surface area contributed by atoms with Crippen LogP contribution < -0.4 is 16.2 Å². The summed E-state index contributed by atoms with van der Waals surface area (Å²) in [5.41, 5.74) is 8.30. The fourth-order valence-corrected chi connectivity index (χ4v) is 2.20. The molecule has 0 amide bonds. The Bertz CT molecular complexity index is 752. The van der Waals surface area contributed by atoms with Gasteiger partial charge >= 0.3 is 5.97 Å². The Balaban J connectivity index is 1.75. The van der Waals surface area contributed by atoms with Crippen LogP contribution >= 0.6 is 0 Å². The SMILES string of the molecule is O=C(O)c1cccc(NC2=CC=C(c3ccccc3)[NH2+]N2)c1. The summed E-state index contributed by atoms with van der Waals surface area (Å²) < 4.78 is 0. The first-order valence-electron chi connectivity index (χ1n) is 6.90. The molecule has 0 fully saturated rings. The van der Waals surface area contributed by atoms with Crippen molar-refractivity contribution in [3.8, 4) is 0 Å².